The van der Waals surface area contributed by atoms with Gasteiger partial charge in [-0.05, 0) is 64.2 Å². The highest BCUT2D eigenvalue weighted by atomic mass is 32.3. The lowest BCUT2D eigenvalue weighted by molar-refractivity contribution is -0.298. The highest BCUT2D eigenvalue weighted by Gasteiger charge is 2.48. The second kappa shape index (κ2) is 41.9. The molecule has 0 radical (unpaired) electrons. The standard InChI is InChI=1S/C52H95NO12S/c1-3-5-7-9-11-13-15-17-19-20-21-22-23-24-25-27-29-31-33-35-37-39-41-46(56)51(59)53-44(43-63-52-49(58)50(65-66(60,61)62)48(57)47(42-54)64-52)45(55)40-38-36-34-32-30-28-26-18-16-14-12-10-8-6-4-2/h21-22,24-25,30,32,38,40,44-50,52,54-58H,3-20,23,26-29,31,33-37,39,41-43H2,1-2H3,(H,53,59)(H,60,61,62)/b22-21-,25-24-,32-30+,40-38+. The van der Waals surface area contributed by atoms with Gasteiger partial charge >= 0.3 is 10.4 Å². The molecular formula is C52H95NO12S. The Bertz CT molecular complexity index is 1370. The van der Waals surface area contributed by atoms with Crippen LogP contribution in [0.4, 0.5) is 0 Å². The zero-order valence-electron chi connectivity index (χ0n) is 41.1. The predicted molar refractivity (Wildman–Crippen MR) is 265 cm³/mol. The van der Waals surface area contributed by atoms with Crippen LogP contribution in [0.15, 0.2) is 48.6 Å². The van der Waals surface area contributed by atoms with Crippen LogP contribution in [-0.2, 0) is 28.9 Å². The lowest BCUT2D eigenvalue weighted by Crippen LogP contribution is -2.61. The molecule has 0 aromatic carbocycles. The van der Waals surface area contributed by atoms with Crippen LogP contribution in [0.5, 0.6) is 0 Å². The molecule has 1 rings (SSSR count). The van der Waals surface area contributed by atoms with Gasteiger partial charge in [0.15, 0.2) is 6.29 Å². The molecule has 0 aromatic heterocycles. The van der Waals surface area contributed by atoms with E-state index in [9.17, 15) is 43.3 Å². The van der Waals surface area contributed by atoms with Gasteiger partial charge in [0.25, 0.3) is 0 Å². The monoisotopic (exact) mass is 958 g/mol. The Kier molecular flexibility index (Phi) is 39.4. The highest BCUT2D eigenvalue weighted by molar-refractivity contribution is 7.80. The van der Waals surface area contributed by atoms with Crippen molar-refractivity contribution in [2.45, 2.75) is 262 Å². The molecule has 1 aliphatic rings. The van der Waals surface area contributed by atoms with E-state index in [1.54, 1.807) is 6.08 Å². The number of carbonyl (C=O) groups is 1. The van der Waals surface area contributed by atoms with Crippen molar-refractivity contribution in [3.8, 4) is 0 Å². The fraction of sp³-hybridized carbons (Fsp3) is 0.827. The number of amides is 1. The molecule has 1 amide bonds. The molecule has 1 aliphatic heterocycles. The van der Waals surface area contributed by atoms with E-state index in [4.69, 9.17) is 9.47 Å². The van der Waals surface area contributed by atoms with Crippen LogP contribution in [0, 0.1) is 0 Å². The highest BCUT2D eigenvalue weighted by Crippen LogP contribution is 2.26. The lowest BCUT2D eigenvalue weighted by Gasteiger charge is -2.41. The van der Waals surface area contributed by atoms with Crippen LogP contribution in [-0.4, -0.2) is 107 Å². The van der Waals surface area contributed by atoms with E-state index in [0.29, 0.717) is 12.8 Å². The Morgan fingerprint density at radius 1 is 0.621 bits per heavy atom. The minimum Gasteiger partial charge on any atom is -0.394 e. The molecule has 14 heteroatoms. The second-order valence-electron chi connectivity index (χ2n) is 18.2. The van der Waals surface area contributed by atoms with Gasteiger partial charge in [0.1, 0.15) is 30.5 Å². The molecule has 0 saturated carbocycles. The third-order valence-electron chi connectivity index (χ3n) is 12.2. The number of hydrogen-bond donors (Lipinski definition) is 7. The maximum absolute atomic E-state index is 13.2. The minimum atomic E-state index is -5.13. The summed E-state index contributed by atoms with van der Waals surface area (Å²) in [5.74, 6) is -0.720. The first-order valence-corrected chi connectivity index (χ1v) is 27.5. The second-order valence-corrected chi connectivity index (χ2v) is 19.3. The van der Waals surface area contributed by atoms with E-state index in [2.05, 4.69) is 59.8 Å². The molecule has 8 unspecified atom stereocenters. The number of aliphatic hydroxyl groups excluding tert-OH is 5. The van der Waals surface area contributed by atoms with Crippen LogP contribution in [0.2, 0.25) is 0 Å². The molecule has 1 heterocycles. The molecule has 0 spiro atoms. The van der Waals surface area contributed by atoms with Crippen molar-refractivity contribution < 1.29 is 57.0 Å². The molecule has 66 heavy (non-hydrogen) atoms. The summed E-state index contributed by atoms with van der Waals surface area (Å²) in [6.07, 6.45) is 40.5. The van der Waals surface area contributed by atoms with Crippen LogP contribution in [0.25, 0.3) is 0 Å². The number of carbonyl (C=O) groups excluding carboxylic acids is 1. The maximum Gasteiger partial charge on any atom is 0.397 e. The quantitative estimate of drug-likeness (QED) is 0.0173. The molecule has 0 bridgehead atoms. The molecule has 1 saturated heterocycles. The predicted octanol–water partition coefficient (Wildman–Crippen LogP) is 10.2. The van der Waals surface area contributed by atoms with E-state index in [1.165, 1.54) is 122 Å². The van der Waals surface area contributed by atoms with Crippen molar-refractivity contribution >= 4 is 16.3 Å². The Morgan fingerprint density at radius 2 is 1.06 bits per heavy atom. The number of nitrogens with one attached hydrogen (secondary N) is 1. The van der Waals surface area contributed by atoms with Gasteiger partial charge in [-0.25, -0.2) is 4.18 Å². The molecule has 386 valence electrons. The van der Waals surface area contributed by atoms with E-state index < -0.39 is 78.5 Å². The van der Waals surface area contributed by atoms with Gasteiger partial charge in [-0.3, -0.25) is 9.35 Å². The first-order chi connectivity index (χ1) is 31.9. The average molecular weight is 958 g/mol. The smallest absolute Gasteiger partial charge is 0.394 e. The van der Waals surface area contributed by atoms with Gasteiger partial charge in [-0.2, -0.15) is 8.42 Å². The Labute approximate surface area is 400 Å². The summed E-state index contributed by atoms with van der Waals surface area (Å²) in [6.45, 7) is 3.20. The van der Waals surface area contributed by atoms with Crippen LogP contribution in [0.3, 0.4) is 0 Å². The van der Waals surface area contributed by atoms with Gasteiger partial charge in [0.05, 0.1) is 25.4 Å². The lowest BCUT2D eigenvalue weighted by atomic mass is 9.99. The summed E-state index contributed by atoms with van der Waals surface area (Å²) in [5, 5.41) is 55.3. The number of ether oxygens (including phenoxy) is 2. The van der Waals surface area contributed by atoms with Crippen molar-refractivity contribution in [3.63, 3.8) is 0 Å². The van der Waals surface area contributed by atoms with Crippen LogP contribution >= 0.6 is 0 Å². The third-order valence-corrected chi connectivity index (χ3v) is 12.7. The molecule has 7 N–H and O–H groups in total. The fourth-order valence-corrected chi connectivity index (χ4v) is 8.54. The van der Waals surface area contributed by atoms with Gasteiger partial charge in [-0.15, -0.1) is 0 Å². The molecule has 1 fully saturated rings. The van der Waals surface area contributed by atoms with E-state index in [-0.39, 0.29) is 6.42 Å². The Hall–Kier alpha value is -1.98. The third kappa shape index (κ3) is 33.5. The number of aliphatic hydroxyl groups is 5. The Morgan fingerprint density at radius 3 is 1.55 bits per heavy atom. The molecule has 0 aromatic rings. The maximum atomic E-state index is 13.2. The number of allylic oxidation sites excluding steroid dienone is 7. The van der Waals surface area contributed by atoms with E-state index >= 15 is 0 Å². The number of rotatable bonds is 44. The van der Waals surface area contributed by atoms with Crippen molar-refractivity contribution in [2.24, 2.45) is 0 Å². The summed E-state index contributed by atoms with van der Waals surface area (Å²) in [5.41, 5.74) is 0. The molecule has 13 nitrogen and oxygen atoms in total. The van der Waals surface area contributed by atoms with Gasteiger partial charge in [-0.1, -0.05) is 197 Å². The number of unbranched alkanes of at least 4 members (excludes halogenated alkanes) is 25. The molecular weight excluding hydrogens is 863 g/mol. The van der Waals surface area contributed by atoms with E-state index in [1.807, 2.05) is 0 Å². The first-order valence-electron chi connectivity index (χ1n) is 26.1. The summed E-state index contributed by atoms with van der Waals surface area (Å²) >= 11 is 0. The summed E-state index contributed by atoms with van der Waals surface area (Å²) < 4.78 is 47.6. The molecule has 8 atom stereocenters. The summed E-state index contributed by atoms with van der Waals surface area (Å²) in [6, 6.07) is -1.14. The van der Waals surface area contributed by atoms with Crippen LogP contribution in [0.1, 0.15) is 213 Å². The Balaban J connectivity index is 2.51. The first kappa shape index (κ1) is 62.0. The normalized spacial score (nSPS) is 20.9. The largest absolute Gasteiger partial charge is 0.397 e. The van der Waals surface area contributed by atoms with Gasteiger partial charge < -0.3 is 40.3 Å². The fourth-order valence-electron chi connectivity index (χ4n) is 8.04. The van der Waals surface area contributed by atoms with Gasteiger partial charge in [0.2, 0.25) is 5.91 Å². The zero-order valence-corrected chi connectivity index (χ0v) is 41.9. The van der Waals surface area contributed by atoms with Crippen LogP contribution < -0.4 is 5.32 Å². The van der Waals surface area contributed by atoms with Gasteiger partial charge in [0, 0.05) is 0 Å². The van der Waals surface area contributed by atoms with Crippen molar-refractivity contribution in [1.29, 1.82) is 0 Å². The van der Waals surface area contributed by atoms with Crippen molar-refractivity contribution in [2.75, 3.05) is 13.2 Å². The van der Waals surface area contributed by atoms with E-state index in [0.717, 1.165) is 64.2 Å². The zero-order chi connectivity index (χ0) is 48.5. The minimum absolute atomic E-state index is 0.223. The summed E-state index contributed by atoms with van der Waals surface area (Å²) in [7, 11) is -5.13. The summed E-state index contributed by atoms with van der Waals surface area (Å²) in [4.78, 5) is 13.2. The average Bonchev–Trinajstić information content (AvgIpc) is 3.29. The SMILES string of the molecule is CCCCCCCCCCC/C=C\C/C=C\CCCCCCCCC(O)C(=O)NC(COC1OC(CO)C(O)C(OS(=O)(=O)O)C1O)C(O)/C=C/CC/C=C/CCCCCCCCCCC. The number of hydrogen-bond acceptors (Lipinski definition) is 11. The van der Waals surface area contributed by atoms with Crippen molar-refractivity contribution in [3.05, 3.63) is 48.6 Å². The molecule has 0 aliphatic carbocycles. The van der Waals surface area contributed by atoms with Crippen molar-refractivity contribution in [1.82, 2.24) is 5.32 Å². The topological polar surface area (TPSA) is 212 Å².